The zero-order valence-corrected chi connectivity index (χ0v) is 19.4. The lowest BCUT2D eigenvalue weighted by Gasteiger charge is -2.32. The Hall–Kier alpha value is -4.34. The number of phenols is 1. The van der Waals surface area contributed by atoms with E-state index >= 15 is 4.39 Å². The van der Waals surface area contributed by atoms with Crippen molar-refractivity contribution in [3.8, 4) is 17.0 Å². The number of rotatable bonds is 5. The highest BCUT2D eigenvalue weighted by molar-refractivity contribution is 5.99. The first kappa shape index (κ1) is 23.4. The highest BCUT2D eigenvalue weighted by atomic mass is 19.1. The maximum Gasteiger partial charge on any atom is 0.246 e. The van der Waals surface area contributed by atoms with Gasteiger partial charge in [-0.2, -0.15) is 5.10 Å². The SMILES string of the molecule is C=CC(=O)N1CCCC(n2nc(-c3ccc(O)cc3F)c3c(NC4=CC=CC=C(F)C4)ncnc32)C1. The number of aromatic hydroxyl groups is 1. The summed E-state index contributed by atoms with van der Waals surface area (Å²) in [5.74, 6) is -1.01. The van der Waals surface area contributed by atoms with Crippen LogP contribution in [-0.4, -0.2) is 48.8 Å². The van der Waals surface area contributed by atoms with E-state index in [1.807, 2.05) is 0 Å². The number of aromatic nitrogens is 4. The molecule has 0 saturated carbocycles. The monoisotopic (exact) mass is 490 g/mol. The standard InChI is InChI=1S/C26H24F2N6O2/c1-2-22(36)33-11-5-8-18(14-33)34-26-23(24(32-34)20-10-9-19(35)13-21(20)28)25(29-15-30-26)31-17-7-4-3-6-16(27)12-17/h2-4,6-7,9-10,13,15,18,35H,1,5,8,11-12,14H2,(H,29,30,31). The summed E-state index contributed by atoms with van der Waals surface area (Å²) in [7, 11) is 0. The van der Waals surface area contributed by atoms with Gasteiger partial charge in [0.1, 0.15) is 35.2 Å². The summed E-state index contributed by atoms with van der Waals surface area (Å²) < 4.78 is 30.8. The first-order valence-electron chi connectivity index (χ1n) is 11.6. The summed E-state index contributed by atoms with van der Waals surface area (Å²) in [4.78, 5) is 22.8. The highest BCUT2D eigenvalue weighted by Crippen LogP contribution is 2.37. The number of allylic oxidation sites excluding steroid dienone is 5. The van der Waals surface area contributed by atoms with E-state index in [1.54, 1.807) is 27.8 Å². The third-order valence-electron chi connectivity index (χ3n) is 6.25. The number of benzene rings is 1. The number of nitrogens with zero attached hydrogens (tertiary/aromatic N) is 5. The maximum absolute atomic E-state index is 15.0. The molecular weight excluding hydrogens is 466 g/mol. The smallest absolute Gasteiger partial charge is 0.246 e. The number of amides is 1. The minimum absolute atomic E-state index is 0.0385. The van der Waals surface area contributed by atoms with Crippen LogP contribution in [-0.2, 0) is 4.79 Å². The summed E-state index contributed by atoms with van der Waals surface area (Å²) in [5.41, 5.74) is 1.44. The Kier molecular flexibility index (Phi) is 6.32. The van der Waals surface area contributed by atoms with Crippen molar-refractivity contribution in [2.45, 2.75) is 25.3 Å². The molecule has 1 aromatic carbocycles. The number of carbonyl (C=O) groups is 1. The van der Waals surface area contributed by atoms with E-state index in [1.165, 1.54) is 30.6 Å². The predicted octanol–water partition coefficient (Wildman–Crippen LogP) is 4.80. The number of nitrogens with one attached hydrogen (secondary N) is 1. The fourth-order valence-electron chi connectivity index (χ4n) is 4.56. The molecule has 1 aliphatic heterocycles. The van der Waals surface area contributed by atoms with E-state index in [0.717, 1.165) is 18.9 Å². The molecule has 2 aliphatic rings. The van der Waals surface area contributed by atoms with Crippen molar-refractivity contribution in [3.63, 3.8) is 0 Å². The summed E-state index contributed by atoms with van der Waals surface area (Å²) >= 11 is 0. The highest BCUT2D eigenvalue weighted by Gasteiger charge is 2.29. The zero-order valence-electron chi connectivity index (χ0n) is 19.4. The zero-order chi connectivity index (χ0) is 25.2. The van der Waals surface area contributed by atoms with E-state index < -0.39 is 5.82 Å². The molecule has 0 bridgehead atoms. The molecule has 3 heterocycles. The number of phenolic OH excluding ortho intramolecular Hbond substituents is 1. The Morgan fingerprint density at radius 1 is 1.22 bits per heavy atom. The normalized spacial score (nSPS) is 17.9. The molecule has 3 aromatic rings. The molecule has 36 heavy (non-hydrogen) atoms. The van der Waals surface area contributed by atoms with Crippen LogP contribution in [0.4, 0.5) is 14.6 Å². The van der Waals surface area contributed by atoms with Gasteiger partial charge in [0.15, 0.2) is 5.65 Å². The van der Waals surface area contributed by atoms with E-state index in [-0.39, 0.29) is 41.2 Å². The Morgan fingerprint density at radius 3 is 2.86 bits per heavy atom. The van der Waals surface area contributed by atoms with Crippen LogP contribution >= 0.6 is 0 Å². The molecule has 1 aliphatic carbocycles. The fraction of sp³-hybridized carbons (Fsp3) is 0.231. The van der Waals surface area contributed by atoms with Gasteiger partial charge < -0.3 is 15.3 Å². The predicted molar refractivity (Wildman–Crippen MR) is 132 cm³/mol. The summed E-state index contributed by atoms with van der Waals surface area (Å²) in [6, 6.07) is 3.63. The van der Waals surface area contributed by atoms with Crippen LogP contribution in [0.25, 0.3) is 22.3 Å². The molecule has 1 saturated heterocycles. The number of anilines is 1. The molecule has 0 radical (unpaired) electrons. The molecular formula is C26H24F2N6O2. The van der Waals surface area contributed by atoms with Crippen molar-refractivity contribution in [1.29, 1.82) is 0 Å². The second kappa shape index (κ2) is 9.73. The summed E-state index contributed by atoms with van der Waals surface area (Å²) in [6.07, 6.45) is 10.6. The van der Waals surface area contributed by atoms with Crippen molar-refractivity contribution in [2.75, 3.05) is 18.4 Å². The maximum atomic E-state index is 15.0. The third-order valence-corrected chi connectivity index (χ3v) is 6.25. The van der Waals surface area contributed by atoms with E-state index in [2.05, 4.69) is 21.9 Å². The molecule has 1 unspecified atom stereocenters. The van der Waals surface area contributed by atoms with E-state index in [4.69, 9.17) is 5.10 Å². The van der Waals surface area contributed by atoms with Gasteiger partial charge in [-0.05, 0) is 43.2 Å². The minimum atomic E-state index is -0.658. The molecule has 1 atom stereocenters. The van der Waals surface area contributed by atoms with E-state index in [0.29, 0.717) is 35.6 Å². The van der Waals surface area contributed by atoms with Crippen LogP contribution in [0.1, 0.15) is 25.3 Å². The van der Waals surface area contributed by atoms with Gasteiger partial charge in [0.2, 0.25) is 5.91 Å². The molecule has 1 amide bonds. The number of hydrogen-bond donors (Lipinski definition) is 2. The summed E-state index contributed by atoms with van der Waals surface area (Å²) in [5, 5.41) is 18.1. The molecule has 8 nitrogen and oxygen atoms in total. The van der Waals surface area contributed by atoms with Crippen molar-refractivity contribution < 1.29 is 18.7 Å². The summed E-state index contributed by atoms with van der Waals surface area (Å²) in [6.45, 7) is 4.59. The average Bonchev–Trinajstić information content (AvgIpc) is 3.14. The van der Waals surface area contributed by atoms with Crippen LogP contribution < -0.4 is 5.32 Å². The van der Waals surface area contributed by atoms with Crippen LogP contribution in [0, 0.1) is 5.82 Å². The van der Waals surface area contributed by atoms with Gasteiger partial charge >= 0.3 is 0 Å². The largest absolute Gasteiger partial charge is 0.508 e. The van der Waals surface area contributed by atoms with Gasteiger partial charge in [0.25, 0.3) is 0 Å². The van der Waals surface area contributed by atoms with Crippen molar-refractivity contribution in [2.24, 2.45) is 0 Å². The Labute approximate surface area is 206 Å². The van der Waals surface area contributed by atoms with Crippen LogP contribution in [0.15, 0.2) is 73.0 Å². The lowest BCUT2D eigenvalue weighted by atomic mass is 10.1. The molecule has 10 heteroatoms. The van der Waals surface area contributed by atoms with Crippen LogP contribution in [0.3, 0.4) is 0 Å². The van der Waals surface area contributed by atoms with Gasteiger partial charge in [-0.1, -0.05) is 18.7 Å². The number of hydrogen-bond acceptors (Lipinski definition) is 6. The van der Waals surface area contributed by atoms with Crippen molar-refractivity contribution in [1.82, 2.24) is 24.6 Å². The van der Waals surface area contributed by atoms with Gasteiger partial charge in [-0.15, -0.1) is 0 Å². The first-order chi connectivity index (χ1) is 17.4. The minimum Gasteiger partial charge on any atom is -0.508 e. The molecule has 0 spiro atoms. The van der Waals surface area contributed by atoms with Gasteiger partial charge in [0.05, 0.1) is 11.4 Å². The molecule has 5 rings (SSSR count). The molecule has 2 aromatic heterocycles. The molecule has 184 valence electrons. The van der Waals surface area contributed by atoms with Crippen LogP contribution in [0.2, 0.25) is 0 Å². The van der Waals surface area contributed by atoms with Crippen molar-refractivity contribution >= 4 is 22.8 Å². The van der Waals surface area contributed by atoms with Crippen molar-refractivity contribution in [3.05, 3.63) is 78.8 Å². The molecule has 2 N–H and O–H groups in total. The second-order valence-electron chi connectivity index (χ2n) is 8.65. The van der Waals surface area contributed by atoms with Gasteiger partial charge in [-0.25, -0.2) is 23.4 Å². The first-order valence-corrected chi connectivity index (χ1v) is 11.6. The number of fused-ring (bicyclic) bond motifs is 1. The quantitative estimate of drug-likeness (QED) is 0.499. The lowest BCUT2D eigenvalue weighted by molar-refractivity contribution is -0.127. The fourth-order valence-corrected chi connectivity index (χ4v) is 4.56. The number of likely N-dealkylation sites (tertiary alicyclic amines) is 1. The Morgan fingerprint density at radius 2 is 2.06 bits per heavy atom. The van der Waals surface area contributed by atoms with Gasteiger partial charge in [-0.3, -0.25) is 4.79 Å². The lowest BCUT2D eigenvalue weighted by Crippen LogP contribution is -2.40. The second-order valence-corrected chi connectivity index (χ2v) is 8.65. The Balaban J connectivity index is 1.65. The van der Waals surface area contributed by atoms with Gasteiger partial charge in [0, 0.05) is 36.8 Å². The average molecular weight is 491 g/mol. The van der Waals surface area contributed by atoms with E-state index in [9.17, 15) is 14.3 Å². The topological polar surface area (TPSA) is 96.2 Å². The van der Waals surface area contributed by atoms with Crippen LogP contribution in [0.5, 0.6) is 5.75 Å². The molecule has 1 fully saturated rings. The third kappa shape index (κ3) is 4.49. The Bertz CT molecular complexity index is 1440. The number of halogens is 2. The number of carbonyl (C=O) groups excluding carboxylic acids is 1. The number of piperidine rings is 1.